The van der Waals surface area contributed by atoms with Gasteiger partial charge in [0.25, 0.3) is 11.6 Å². The van der Waals surface area contributed by atoms with Crippen molar-refractivity contribution in [2.45, 2.75) is 46.6 Å². The van der Waals surface area contributed by atoms with Gasteiger partial charge in [-0.05, 0) is 89.8 Å². The van der Waals surface area contributed by atoms with Gasteiger partial charge in [0.05, 0.1) is 17.6 Å². The van der Waals surface area contributed by atoms with Crippen LogP contribution in [0.3, 0.4) is 0 Å². The molecule has 0 radical (unpaired) electrons. The molecule has 5 rings (SSSR count). The molecule has 0 fully saturated rings. The number of amides is 1. The Kier molecular flexibility index (Phi) is 8.92. The lowest BCUT2D eigenvalue weighted by molar-refractivity contribution is -0.384. The summed E-state index contributed by atoms with van der Waals surface area (Å²) in [6, 6.07) is 21.3. The lowest BCUT2D eigenvalue weighted by Crippen LogP contribution is -2.27. The lowest BCUT2D eigenvalue weighted by atomic mass is 9.72. The number of thiophene rings is 1. The second-order valence-electron chi connectivity index (χ2n) is 11.7. The Hall–Kier alpha value is -4.50. The van der Waals surface area contributed by atoms with Gasteiger partial charge in [0.15, 0.2) is 11.5 Å². The molecule has 1 amide bonds. The van der Waals surface area contributed by atoms with E-state index in [-0.39, 0.29) is 23.6 Å². The number of ether oxygens (including phenoxy) is 2. The van der Waals surface area contributed by atoms with Gasteiger partial charge < -0.3 is 14.8 Å². The maximum atomic E-state index is 13.6. The zero-order valence-electron chi connectivity index (χ0n) is 24.8. The first-order chi connectivity index (χ1) is 20.6. The number of nitro groups is 1. The minimum Gasteiger partial charge on any atom is -0.493 e. The molecule has 1 atom stereocenters. The van der Waals surface area contributed by atoms with Gasteiger partial charge in [-0.2, -0.15) is 0 Å². The number of rotatable bonds is 9. The van der Waals surface area contributed by atoms with Crippen LogP contribution in [0.25, 0.3) is 0 Å². The van der Waals surface area contributed by atoms with Gasteiger partial charge >= 0.3 is 0 Å². The smallest absolute Gasteiger partial charge is 0.269 e. The largest absolute Gasteiger partial charge is 0.493 e. The number of non-ortho nitro benzene ring substituents is 1. The standard InChI is InChI=1S/C34H35N3O5S/c1-34(2,3)24-13-16-27-30(19-24)43-33(31(27)32(38)36-25-8-6-5-7-9-25)35-20-23-12-17-28(29(18-23)41-4)42-21-22-10-14-26(15-11-22)37(39)40/h5-12,14-15,17-18,20,24H,13,16,19,21H2,1-4H3,(H,36,38)/t24-/m1/s1. The Bertz CT molecular complexity index is 1640. The molecule has 4 aromatic rings. The van der Waals surface area contributed by atoms with Crippen LogP contribution in [0.15, 0.2) is 77.8 Å². The van der Waals surface area contributed by atoms with Crippen molar-refractivity contribution in [3.05, 3.63) is 110 Å². The van der Waals surface area contributed by atoms with Crippen LogP contribution in [0.5, 0.6) is 11.5 Å². The van der Waals surface area contributed by atoms with E-state index < -0.39 is 4.92 Å². The molecule has 0 bridgehead atoms. The normalized spacial score (nSPS) is 14.7. The number of benzene rings is 3. The average Bonchev–Trinajstić information content (AvgIpc) is 3.37. The number of carbonyl (C=O) groups excluding carboxylic acids is 1. The number of carbonyl (C=O) groups is 1. The summed E-state index contributed by atoms with van der Waals surface area (Å²) in [4.78, 5) is 30.1. The van der Waals surface area contributed by atoms with Crippen LogP contribution in [0.2, 0.25) is 0 Å². The zero-order valence-corrected chi connectivity index (χ0v) is 25.6. The van der Waals surface area contributed by atoms with Gasteiger partial charge in [0.1, 0.15) is 11.6 Å². The van der Waals surface area contributed by atoms with Crippen LogP contribution >= 0.6 is 11.3 Å². The van der Waals surface area contributed by atoms with E-state index in [0.717, 1.165) is 41.6 Å². The summed E-state index contributed by atoms with van der Waals surface area (Å²) >= 11 is 1.60. The Labute approximate surface area is 255 Å². The highest BCUT2D eigenvalue weighted by atomic mass is 32.1. The molecule has 0 saturated heterocycles. The average molecular weight is 598 g/mol. The summed E-state index contributed by atoms with van der Waals surface area (Å²) < 4.78 is 11.5. The number of anilines is 1. The zero-order chi connectivity index (χ0) is 30.6. The lowest BCUT2D eigenvalue weighted by Gasteiger charge is -2.33. The van der Waals surface area contributed by atoms with E-state index >= 15 is 0 Å². The molecule has 0 aliphatic heterocycles. The number of methoxy groups -OCH3 is 1. The summed E-state index contributed by atoms with van der Waals surface area (Å²) in [5.41, 5.74) is 4.34. The van der Waals surface area contributed by atoms with Crippen molar-refractivity contribution in [2.24, 2.45) is 16.3 Å². The number of nitrogens with one attached hydrogen (secondary N) is 1. The first kappa shape index (κ1) is 30.0. The number of hydrogen-bond donors (Lipinski definition) is 1. The van der Waals surface area contributed by atoms with Crippen LogP contribution in [0.1, 0.15) is 59.1 Å². The van der Waals surface area contributed by atoms with E-state index in [0.29, 0.717) is 28.0 Å². The van der Waals surface area contributed by atoms with Gasteiger partial charge in [0, 0.05) is 28.9 Å². The molecule has 0 saturated carbocycles. The Morgan fingerprint density at radius 1 is 1.09 bits per heavy atom. The monoisotopic (exact) mass is 597 g/mol. The predicted molar refractivity (Wildman–Crippen MR) is 171 cm³/mol. The number of aliphatic imine (C=N–C) groups is 1. The number of nitro benzene ring substituents is 1. The molecule has 1 heterocycles. The number of nitrogens with zero attached hydrogens (tertiary/aromatic N) is 2. The van der Waals surface area contributed by atoms with Gasteiger partial charge in [-0.1, -0.05) is 39.0 Å². The molecule has 1 aliphatic rings. The highest BCUT2D eigenvalue weighted by molar-refractivity contribution is 7.16. The van der Waals surface area contributed by atoms with Crippen molar-refractivity contribution in [1.82, 2.24) is 0 Å². The van der Waals surface area contributed by atoms with E-state index in [4.69, 9.17) is 14.5 Å². The Balaban J connectivity index is 1.38. The molecular weight excluding hydrogens is 562 g/mol. The van der Waals surface area contributed by atoms with E-state index in [1.54, 1.807) is 36.8 Å². The van der Waals surface area contributed by atoms with E-state index in [9.17, 15) is 14.9 Å². The number of hydrogen-bond acceptors (Lipinski definition) is 7. The fourth-order valence-corrected chi connectivity index (χ4v) is 6.51. The summed E-state index contributed by atoms with van der Waals surface area (Å²) in [5.74, 6) is 1.48. The highest BCUT2D eigenvalue weighted by Gasteiger charge is 2.33. The van der Waals surface area contributed by atoms with Crippen LogP contribution in [-0.2, 0) is 19.4 Å². The third-order valence-corrected chi connectivity index (χ3v) is 8.95. The number of para-hydroxylation sites is 1. The molecular formula is C34H35N3O5S. The number of fused-ring (bicyclic) bond motifs is 1. The van der Waals surface area contributed by atoms with Crippen molar-refractivity contribution < 1.29 is 19.2 Å². The third-order valence-electron chi connectivity index (χ3n) is 7.79. The molecule has 8 nitrogen and oxygen atoms in total. The molecule has 222 valence electrons. The summed E-state index contributed by atoms with van der Waals surface area (Å²) in [6.07, 6.45) is 4.59. The second-order valence-corrected chi connectivity index (χ2v) is 12.8. The minimum absolute atomic E-state index is 0.0336. The van der Waals surface area contributed by atoms with Crippen LogP contribution in [0, 0.1) is 21.4 Å². The SMILES string of the molecule is COc1cc(C=Nc2sc3c(c2C(=O)Nc2ccccc2)CC[C@@H](C(C)(C)C)C3)ccc1OCc1ccc([N+](=O)[O-])cc1. The minimum atomic E-state index is -0.430. The fourth-order valence-electron chi connectivity index (χ4n) is 5.24. The summed E-state index contributed by atoms with van der Waals surface area (Å²) in [6.45, 7) is 7.08. The molecule has 0 unspecified atom stereocenters. The van der Waals surface area contributed by atoms with Gasteiger partial charge in [-0.25, -0.2) is 4.99 Å². The first-order valence-corrected chi connectivity index (χ1v) is 15.0. The molecule has 3 aromatic carbocycles. The molecule has 0 spiro atoms. The van der Waals surface area contributed by atoms with Crippen molar-refractivity contribution in [1.29, 1.82) is 0 Å². The topological polar surface area (TPSA) is 103 Å². The predicted octanol–water partition coefficient (Wildman–Crippen LogP) is 8.40. The molecule has 9 heteroatoms. The van der Waals surface area contributed by atoms with Crippen LogP contribution in [-0.4, -0.2) is 24.2 Å². The molecule has 1 aliphatic carbocycles. The third kappa shape index (κ3) is 7.11. The second kappa shape index (κ2) is 12.8. The summed E-state index contributed by atoms with van der Waals surface area (Å²) in [5, 5.41) is 14.7. The quantitative estimate of drug-likeness (QED) is 0.119. The van der Waals surface area contributed by atoms with Gasteiger partial charge in [0.2, 0.25) is 0 Å². The van der Waals surface area contributed by atoms with E-state index in [1.807, 2.05) is 48.5 Å². The van der Waals surface area contributed by atoms with Crippen LogP contribution in [0.4, 0.5) is 16.4 Å². The van der Waals surface area contributed by atoms with Gasteiger partial charge in [-0.15, -0.1) is 11.3 Å². The van der Waals surface area contributed by atoms with Crippen molar-refractivity contribution >= 4 is 39.8 Å². The highest BCUT2D eigenvalue weighted by Crippen LogP contribution is 2.45. The Morgan fingerprint density at radius 2 is 1.84 bits per heavy atom. The van der Waals surface area contributed by atoms with Crippen molar-refractivity contribution in [3.8, 4) is 11.5 Å². The fraction of sp³-hybridized carbons (Fsp3) is 0.294. The Morgan fingerprint density at radius 3 is 2.51 bits per heavy atom. The summed E-state index contributed by atoms with van der Waals surface area (Å²) in [7, 11) is 1.57. The van der Waals surface area contributed by atoms with E-state index in [1.165, 1.54) is 17.0 Å². The maximum Gasteiger partial charge on any atom is 0.269 e. The molecule has 1 aromatic heterocycles. The van der Waals surface area contributed by atoms with E-state index in [2.05, 4.69) is 26.1 Å². The van der Waals surface area contributed by atoms with Crippen LogP contribution < -0.4 is 14.8 Å². The van der Waals surface area contributed by atoms with Crippen molar-refractivity contribution in [2.75, 3.05) is 12.4 Å². The van der Waals surface area contributed by atoms with Crippen molar-refractivity contribution in [3.63, 3.8) is 0 Å². The molecule has 43 heavy (non-hydrogen) atoms. The maximum absolute atomic E-state index is 13.6. The molecule has 1 N–H and O–H groups in total. The van der Waals surface area contributed by atoms with Gasteiger partial charge in [-0.3, -0.25) is 14.9 Å². The first-order valence-electron chi connectivity index (χ1n) is 14.2.